The molecule has 29 heavy (non-hydrogen) atoms. The molecule has 2 aromatic rings. The molecular weight excluding hydrogens is 370 g/mol. The van der Waals surface area contributed by atoms with E-state index in [1.165, 1.54) is 0 Å². The van der Waals surface area contributed by atoms with Crippen LogP contribution in [0.15, 0.2) is 28.9 Å². The molecule has 0 aliphatic carbocycles. The summed E-state index contributed by atoms with van der Waals surface area (Å²) in [5.74, 6) is -0.0679. The summed E-state index contributed by atoms with van der Waals surface area (Å²) >= 11 is 0. The number of para-hydroxylation sites is 1. The molecule has 1 aromatic carbocycles. The molecule has 0 spiro atoms. The van der Waals surface area contributed by atoms with Crippen LogP contribution in [0.5, 0.6) is 0 Å². The Kier molecular flexibility index (Phi) is 6.87. The summed E-state index contributed by atoms with van der Waals surface area (Å²) in [6.45, 7) is 10.8. The summed E-state index contributed by atoms with van der Waals surface area (Å²) in [5.41, 5.74) is 7.27. The van der Waals surface area contributed by atoms with Crippen LogP contribution in [0.2, 0.25) is 0 Å². The van der Waals surface area contributed by atoms with Crippen molar-refractivity contribution in [3.63, 3.8) is 0 Å². The van der Waals surface area contributed by atoms with Crippen molar-refractivity contribution in [1.29, 1.82) is 0 Å². The molecule has 0 radical (unpaired) electrons. The number of benzene rings is 1. The minimum absolute atomic E-state index is 0.0227. The minimum Gasteiger partial charge on any atom is -0.379 e. The van der Waals surface area contributed by atoms with Crippen molar-refractivity contribution >= 4 is 17.4 Å². The van der Waals surface area contributed by atoms with Crippen LogP contribution in [0.4, 0.5) is 11.5 Å². The highest BCUT2D eigenvalue weighted by Crippen LogP contribution is 2.39. The summed E-state index contributed by atoms with van der Waals surface area (Å²) in [5, 5.41) is 9.95. The number of nitrogens with zero attached hydrogens (tertiary/aromatic N) is 3. The Morgan fingerprint density at radius 3 is 2.59 bits per heavy atom. The van der Waals surface area contributed by atoms with Crippen molar-refractivity contribution in [2.45, 2.75) is 58.8 Å². The molecule has 1 aliphatic heterocycles. The van der Waals surface area contributed by atoms with Crippen LogP contribution in [-0.4, -0.2) is 46.4 Å². The van der Waals surface area contributed by atoms with Crippen LogP contribution in [-0.2, 0) is 4.74 Å². The Labute approximate surface area is 171 Å². The average Bonchev–Trinajstić information content (AvgIpc) is 3.15. The number of nitrogens with two attached hydrogens (primary N) is 1. The zero-order valence-electron chi connectivity index (χ0n) is 17.6. The molecule has 0 unspecified atom stereocenters. The van der Waals surface area contributed by atoms with E-state index in [1.807, 2.05) is 24.3 Å². The van der Waals surface area contributed by atoms with Crippen molar-refractivity contribution in [3.8, 4) is 0 Å². The van der Waals surface area contributed by atoms with Gasteiger partial charge in [-0.25, -0.2) is 4.63 Å². The fourth-order valence-corrected chi connectivity index (χ4v) is 4.03. The van der Waals surface area contributed by atoms with Gasteiger partial charge >= 0.3 is 0 Å². The number of carbonyl (C=O) groups is 1. The van der Waals surface area contributed by atoms with Crippen LogP contribution in [0, 0.1) is 5.92 Å². The largest absolute Gasteiger partial charge is 0.379 e. The topological polar surface area (TPSA) is 107 Å². The molecule has 3 atom stereocenters. The highest BCUT2D eigenvalue weighted by Gasteiger charge is 2.35. The van der Waals surface area contributed by atoms with Crippen LogP contribution in [0.3, 0.4) is 0 Å². The van der Waals surface area contributed by atoms with Gasteiger partial charge in [0, 0.05) is 17.3 Å². The van der Waals surface area contributed by atoms with E-state index in [9.17, 15) is 4.79 Å². The normalized spacial score (nSPS) is 22.2. The predicted octanol–water partition coefficient (Wildman–Crippen LogP) is 3.49. The summed E-state index contributed by atoms with van der Waals surface area (Å²) in [7, 11) is 0. The summed E-state index contributed by atoms with van der Waals surface area (Å²) < 4.78 is 11.0. The number of ether oxygens (including phenoxy) is 1. The van der Waals surface area contributed by atoms with Gasteiger partial charge in [-0.05, 0) is 48.2 Å². The molecule has 8 heteroatoms. The lowest BCUT2D eigenvalue weighted by molar-refractivity contribution is -0.101. The maximum absolute atomic E-state index is 12.6. The Morgan fingerprint density at radius 1 is 1.24 bits per heavy atom. The fourth-order valence-electron chi connectivity index (χ4n) is 4.03. The number of hydrogen-bond acceptors (Lipinski definition) is 7. The van der Waals surface area contributed by atoms with Gasteiger partial charge in [-0.2, -0.15) is 0 Å². The van der Waals surface area contributed by atoms with E-state index >= 15 is 0 Å². The van der Waals surface area contributed by atoms with E-state index in [4.69, 9.17) is 10.5 Å². The molecule has 1 saturated heterocycles. The van der Waals surface area contributed by atoms with E-state index < -0.39 is 5.91 Å². The van der Waals surface area contributed by atoms with E-state index in [-0.39, 0.29) is 23.7 Å². The Balaban J connectivity index is 1.86. The van der Waals surface area contributed by atoms with Crippen molar-refractivity contribution in [2.24, 2.45) is 5.92 Å². The molecule has 1 amide bonds. The summed E-state index contributed by atoms with van der Waals surface area (Å²) in [6.07, 6.45) is 1.96. The lowest BCUT2D eigenvalue weighted by Gasteiger charge is -2.42. The number of nitrogen functional groups attached to an aromatic ring is 1. The second-order valence-corrected chi connectivity index (χ2v) is 7.79. The van der Waals surface area contributed by atoms with E-state index in [0.717, 1.165) is 31.5 Å². The van der Waals surface area contributed by atoms with Gasteiger partial charge in [-0.3, -0.25) is 4.79 Å². The Bertz CT molecular complexity index is 818. The fraction of sp³-hybridized carbons (Fsp3) is 0.571. The van der Waals surface area contributed by atoms with Gasteiger partial charge < -0.3 is 20.7 Å². The first-order valence-electron chi connectivity index (χ1n) is 10.3. The molecule has 8 nitrogen and oxygen atoms in total. The molecular formula is C21H31N5O3. The van der Waals surface area contributed by atoms with E-state index in [1.54, 1.807) is 0 Å². The maximum Gasteiger partial charge on any atom is 0.281 e. The Hall–Kier alpha value is -2.45. The van der Waals surface area contributed by atoms with Gasteiger partial charge in [-0.1, -0.05) is 45.9 Å². The van der Waals surface area contributed by atoms with Crippen LogP contribution in [0.25, 0.3) is 0 Å². The number of aromatic nitrogens is 2. The Morgan fingerprint density at radius 2 is 1.97 bits per heavy atom. The molecule has 0 saturated carbocycles. The molecule has 3 N–H and O–H groups in total. The summed E-state index contributed by atoms with van der Waals surface area (Å²) in [4.78, 5) is 15.1. The van der Waals surface area contributed by atoms with Crippen molar-refractivity contribution in [2.75, 3.05) is 24.1 Å². The highest BCUT2D eigenvalue weighted by molar-refractivity contribution is 6.05. The zero-order valence-corrected chi connectivity index (χ0v) is 17.6. The predicted molar refractivity (Wildman–Crippen MR) is 112 cm³/mol. The monoisotopic (exact) mass is 401 g/mol. The second kappa shape index (κ2) is 9.37. The molecule has 1 fully saturated rings. The van der Waals surface area contributed by atoms with Crippen molar-refractivity contribution in [1.82, 2.24) is 15.2 Å². The lowest BCUT2D eigenvalue weighted by Crippen LogP contribution is -2.44. The van der Waals surface area contributed by atoms with Gasteiger partial charge in [0.15, 0.2) is 0 Å². The second-order valence-electron chi connectivity index (χ2n) is 7.79. The highest BCUT2D eigenvalue weighted by atomic mass is 16.6. The van der Waals surface area contributed by atoms with Crippen molar-refractivity contribution < 1.29 is 14.2 Å². The number of hydrogen-bond donors (Lipinski definition) is 2. The van der Waals surface area contributed by atoms with Crippen molar-refractivity contribution in [3.05, 3.63) is 35.5 Å². The zero-order chi connectivity index (χ0) is 21.0. The molecule has 1 aliphatic rings. The molecule has 0 bridgehead atoms. The number of nitrogens with one attached hydrogen (secondary N) is 1. The van der Waals surface area contributed by atoms with Gasteiger partial charge in [0.2, 0.25) is 11.5 Å². The van der Waals surface area contributed by atoms with Gasteiger partial charge in [0.25, 0.3) is 5.91 Å². The quantitative estimate of drug-likeness (QED) is 0.731. The van der Waals surface area contributed by atoms with Gasteiger partial charge in [0.1, 0.15) is 0 Å². The molecule has 2 heterocycles. The molecule has 3 rings (SSSR count). The molecule has 158 valence electrons. The average molecular weight is 402 g/mol. The third-order valence-corrected chi connectivity index (χ3v) is 5.69. The first-order valence-corrected chi connectivity index (χ1v) is 10.3. The van der Waals surface area contributed by atoms with Gasteiger partial charge in [0.05, 0.1) is 12.2 Å². The van der Waals surface area contributed by atoms with Crippen LogP contribution < -0.4 is 11.1 Å². The number of anilines is 2. The van der Waals surface area contributed by atoms with Crippen LogP contribution in [0.1, 0.15) is 62.7 Å². The smallest absolute Gasteiger partial charge is 0.281 e. The third kappa shape index (κ3) is 4.76. The summed E-state index contributed by atoms with van der Waals surface area (Å²) in [6, 6.07) is 8.16. The standard InChI is InChI=1S/C21H31N5O3/c1-5-26(6-2)14-11-17(13(3)4)28-18(12-14)15-9-7-8-10-16(15)23-21(27)19-20(22)25-29-24-19/h7-10,13-14,17-18H,5-6,11-12H2,1-4H3,(H2,22,25)(H,23,27)/t14-,17-,18+/m1/s1. The number of amides is 1. The number of rotatable bonds is 7. The first-order chi connectivity index (χ1) is 13.9. The lowest BCUT2D eigenvalue weighted by atomic mass is 9.88. The van der Waals surface area contributed by atoms with Crippen LogP contribution >= 0.6 is 0 Å². The SMILES string of the molecule is CCN(CC)[C@H]1C[C@@H](c2ccccc2NC(=O)c2nonc2N)O[C@@H](C(C)C)C1. The third-order valence-electron chi connectivity index (χ3n) is 5.69. The van der Waals surface area contributed by atoms with E-state index in [2.05, 4.69) is 52.9 Å². The van der Waals surface area contributed by atoms with E-state index in [0.29, 0.717) is 17.6 Å². The maximum atomic E-state index is 12.6. The first kappa shape index (κ1) is 21.3. The van der Waals surface area contributed by atoms with Gasteiger partial charge in [-0.15, -0.1) is 0 Å². The number of carbonyl (C=O) groups excluding carboxylic acids is 1. The molecule has 1 aromatic heterocycles. The minimum atomic E-state index is -0.451.